The zero-order valence-electron chi connectivity index (χ0n) is 16.2. The molecule has 0 aliphatic carbocycles. The van der Waals surface area contributed by atoms with Crippen molar-refractivity contribution in [3.8, 4) is 0 Å². The van der Waals surface area contributed by atoms with E-state index < -0.39 is 18.1 Å². The average Bonchev–Trinajstić information content (AvgIpc) is 3.34. The van der Waals surface area contributed by atoms with Crippen LogP contribution in [0.15, 0.2) is 35.5 Å². The molecule has 1 fully saturated rings. The lowest BCUT2D eigenvalue weighted by Crippen LogP contribution is -2.31. The highest BCUT2D eigenvalue weighted by Crippen LogP contribution is 2.36. The van der Waals surface area contributed by atoms with Crippen molar-refractivity contribution >= 4 is 5.84 Å². The second-order valence-electron chi connectivity index (χ2n) is 7.47. The van der Waals surface area contributed by atoms with Crippen molar-refractivity contribution in [1.82, 2.24) is 20.2 Å². The van der Waals surface area contributed by atoms with E-state index >= 15 is 0 Å². The third-order valence-corrected chi connectivity index (χ3v) is 5.41. The Morgan fingerprint density at radius 3 is 2.55 bits per heavy atom. The third kappa shape index (κ3) is 4.45. The summed E-state index contributed by atoms with van der Waals surface area (Å²) in [5.74, 6) is 0.412. The van der Waals surface area contributed by atoms with E-state index in [1.165, 1.54) is 45.0 Å². The number of aliphatic imine (C=N–C) groups is 1. The van der Waals surface area contributed by atoms with Crippen molar-refractivity contribution in [3.63, 3.8) is 0 Å². The van der Waals surface area contributed by atoms with Crippen molar-refractivity contribution in [2.45, 2.75) is 38.1 Å². The number of piperidine rings is 1. The molecule has 0 bridgehead atoms. The summed E-state index contributed by atoms with van der Waals surface area (Å²) in [6.45, 7) is 3.39. The van der Waals surface area contributed by atoms with Gasteiger partial charge >= 0.3 is 6.18 Å². The van der Waals surface area contributed by atoms with Gasteiger partial charge in [-0.3, -0.25) is 4.68 Å². The van der Waals surface area contributed by atoms with Crippen molar-refractivity contribution in [3.05, 3.63) is 52.8 Å². The molecule has 1 aromatic heterocycles. The molecule has 2 aliphatic rings. The number of alkyl halides is 3. The lowest BCUT2D eigenvalue weighted by atomic mass is 10.1. The van der Waals surface area contributed by atoms with E-state index in [0.717, 1.165) is 29.4 Å². The fourth-order valence-corrected chi connectivity index (χ4v) is 3.83. The zero-order chi connectivity index (χ0) is 20.4. The zero-order valence-corrected chi connectivity index (χ0v) is 16.2. The summed E-state index contributed by atoms with van der Waals surface area (Å²) in [6, 6.07) is 7.89. The molecule has 1 aromatic carbocycles. The standard InChI is InChI=1S/C20H24F3N5O/c1-27-17(20(21,22)23)16(13-24-27)19-25-18(26-29-19)15-7-5-14(6-8-15)9-12-28-10-3-2-4-11-28/h5-8,13,19H,2-4,9-12H2,1H3,(H,25,26). The van der Waals surface area contributed by atoms with Crippen LogP contribution in [0.1, 0.15) is 47.9 Å². The van der Waals surface area contributed by atoms with E-state index in [1.54, 1.807) is 0 Å². The molecule has 0 amide bonds. The summed E-state index contributed by atoms with van der Waals surface area (Å²) in [5, 5.41) is 3.71. The number of hydroxylamine groups is 1. The monoisotopic (exact) mass is 407 g/mol. The first kappa shape index (κ1) is 19.9. The van der Waals surface area contributed by atoms with E-state index in [0.29, 0.717) is 5.84 Å². The first-order valence-corrected chi connectivity index (χ1v) is 9.82. The van der Waals surface area contributed by atoms with Crippen molar-refractivity contribution < 1.29 is 18.0 Å². The SMILES string of the molecule is Cn1ncc(C2N=C(c3ccc(CCN4CCCCC4)cc3)NO2)c1C(F)(F)F. The van der Waals surface area contributed by atoms with Crippen LogP contribution < -0.4 is 5.48 Å². The van der Waals surface area contributed by atoms with Crippen molar-refractivity contribution in [2.24, 2.45) is 12.0 Å². The fraction of sp³-hybridized carbons (Fsp3) is 0.500. The number of likely N-dealkylation sites (tertiary alicyclic amines) is 1. The van der Waals surface area contributed by atoms with Gasteiger partial charge in [-0.2, -0.15) is 18.3 Å². The second kappa shape index (κ2) is 8.16. The molecule has 2 aliphatic heterocycles. The van der Waals surface area contributed by atoms with Crippen LogP contribution in [0.2, 0.25) is 0 Å². The highest BCUT2D eigenvalue weighted by molar-refractivity contribution is 5.98. The molecule has 9 heteroatoms. The summed E-state index contributed by atoms with van der Waals surface area (Å²) in [6.07, 6.45) is 0.381. The maximum absolute atomic E-state index is 13.3. The Morgan fingerprint density at radius 2 is 1.86 bits per heavy atom. The molecule has 6 nitrogen and oxygen atoms in total. The van der Waals surface area contributed by atoms with Gasteiger partial charge in [0.1, 0.15) is 5.69 Å². The van der Waals surface area contributed by atoms with Crippen LogP contribution in [0.4, 0.5) is 13.2 Å². The number of rotatable bonds is 5. The number of nitrogens with one attached hydrogen (secondary N) is 1. The fourth-order valence-electron chi connectivity index (χ4n) is 3.83. The number of aromatic nitrogens is 2. The Hall–Kier alpha value is -2.39. The molecule has 0 radical (unpaired) electrons. The number of amidine groups is 1. The lowest BCUT2D eigenvalue weighted by Gasteiger charge is -2.26. The van der Waals surface area contributed by atoms with Gasteiger partial charge in [0, 0.05) is 19.2 Å². The molecule has 29 heavy (non-hydrogen) atoms. The van der Waals surface area contributed by atoms with Gasteiger partial charge in [-0.1, -0.05) is 30.7 Å². The molecule has 156 valence electrons. The van der Waals surface area contributed by atoms with Gasteiger partial charge in [0.15, 0.2) is 5.84 Å². The largest absolute Gasteiger partial charge is 0.433 e. The van der Waals surface area contributed by atoms with Crippen LogP contribution in [0.25, 0.3) is 0 Å². The molecule has 1 unspecified atom stereocenters. The molecule has 1 saturated heterocycles. The van der Waals surface area contributed by atoms with Gasteiger partial charge in [0.25, 0.3) is 0 Å². The summed E-state index contributed by atoms with van der Waals surface area (Å²) >= 11 is 0. The molecule has 0 spiro atoms. The third-order valence-electron chi connectivity index (χ3n) is 5.41. The molecule has 1 N–H and O–H groups in total. The number of nitrogens with zero attached hydrogens (tertiary/aromatic N) is 4. The normalized spacial score (nSPS) is 20.6. The first-order valence-electron chi connectivity index (χ1n) is 9.82. The molecule has 2 aromatic rings. The maximum atomic E-state index is 13.3. The Morgan fingerprint density at radius 1 is 1.14 bits per heavy atom. The van der Waals surface area contributed by atoms with Gasteiger partial charge in [0.05, 0.1) is 11.8 Å². The molecular formula is C20H24F3N5O. The summed E-state index contributed by atoms with van der Waals surface area (Å²) in [4.78, 5) is 12.1. The Bertz CT molecular complexity index is 869. The van der Waals surface area contributed by atoms with E-state index in [9.17, 15) is 13.2 Å². The van der Waals surface area contributed by atoms with Crippen LogP contribution in [0.3, 0.4) is 0 Å². The highest BCUT2D eigenvalue weighted by atomic mass is 19.4. The Balaban J connectivity index is 1.43. The molecule has 0 saturated carbocycles. The van der Waals surface area contributed by atoms with Gasteiger partial charge < -0.3 is 4.90 Å². The van der Waals surface area contributed by atoms with Crippen LogP contribution in [0, 0.1) is 0 Å². The van der Waals surface area contributed by atoms with E-state index in [-0.39, 0.29) is 5.56 Å². The van der Waals surface area contributed by atoms with E-state index in [4.69, 9.17) is 4.84 Å². The van der Waals surface area contributed by atoms with Gasteiger partial charge in [-0.15, -0.1) is 0 Å². The minimum atomic E-state index is -4.53. The van der Waals surface area contributed by atoms with Gasteiger partial charge in [0.2, 0.25) is 6.23 Å². The van der Waals surface area contributed by atoms with Gasteiger partial charge in [-0.25, -0.2) is 15.3 Å². The topological polar surface area (TPSA) is 54.7 Å². The number of hydrogen-bond acceptors (Lipinski definition) is 5. The average molecular weight is 407 g/mol. The van der Waals surface area contributed by atoms with Crippen LogP contribution in [-0.2, 0) is 24.5 Å². The highest BCUT2D eigenvalue weighted by Gasteiger charge is 2.40. The predicted molar refractivity (Wildman–Crippen MR) is 102 cm³/mol. The number of benzene rings is 1. The summed E-state index contributed by atoms with van der Waals surface area (Å²) in [5.41, 5.74) is 3.67. The van der Waals surface area contributed by atoms with Crippen LogP contribution >= 0.6 is 0 Å². The molecular weight excluding hydrogens is 383 g/mol. The Labute approximate surface area is 167 Å². The number of hydrogen-bond donors (Lipinski definition) is 1. The second-order valence-corrected chi connectivity index (χ2v) is 7.47. The molecule has 3 heterocycles. The molecule has 1 atom stereocenters. The smallest absolute Gasteiger partial charge is 0.303 e. The van der Waals surface area contributed by atoms with E-state index in [1.807, 2.05) is 24.3 Å². The van der Waals surface area contributed by atoms with Crippen LogP contribution in [0.5, 0.6) is 0 Å². The molecule has 4 rings (SSSR count). The minimum absolute atomic E-state index is 0.111. The van der Waals surface area contributed by atoms with Crippen molar-refractivity contribution in [1.29, 1.82) is 0 Å². The lowest BCUT2D eigenvalue weighted by molar-refractivity contribution is -0.145. The number of halogens is 3. The Kier molecular flexibility index (Phi) is 5.60. The van der Waals surface area contributed by atoms with Crippen LogP contribution in [-0.4, -0.2) is 40.2 Å². The number of aryl methyl sites for hydroxylation is 1. The minimum Gasteiger partial charge on any atom is -0.303 e. The maximum Gasteiger partial charge on any atom is 0.433 e. The van der Waals surface area contributed by atoms with Crippen molar-refractivity contribution in [2.75, 3.05) is 19.6 Å². The van der Waals surface area contributed by atoms with Gasteiger partial charge in [-0.05, 0) is 37.9 Å². The summed E-state index contributed by atoms with van der Waals surface area (Å²) in [7, 11) is 1.25. The predicted octanol–water partition coefficient (Wildman–Crippen LogP) is 3.45. The van der Waals surface area contributed by atoms with E-state index in [2.05, 4.69) is 20.5 Å². The summed E-state index contributed by atoms with van der Waals surface area (Å²) < 4.78 is 40.6. The quantitative estimate of drug-likeness (QED) is 0.825. The first-order chi connectivity index (χ1) is 13.9.